The van der Waals surface area contributed by atoms with Crippen LogP contribution in [-0.2, 0) is 10.2 Å². The van der Waals surface area contributed by atoms with Crippen LogP contribution in [0.3, 0.4) is 0 Å². The molecule has 0 aliphatic rings. The number of halogens is 1. The lowest BCUT2D eigenvalue weighted by atomic mass is 9.81. The van der Waals surface area contributed by atoms with Gasteiger partial charge in [0.05, 0.1) is 0 Å². The Kier molecular flexibility index (Phi) is 7.75. The number of hydrogen-bond donors (Lipinski definition) is 2. The van der Waals surface area contributed by atoms with Gasteiger partial charge < -0.3 is 15.8 Å². The van der Waals surface area contributed by atoms with Crippen LogP contribution in [0, 0.1) is 0 Å². The van der Waals surface area contributed by atoms with Gasteiger partial charge in [0.15, 0.2) is 0 Å². The van der Waals surface area contributed by atoms with E-state index in [2.05, 4.69) is 31.3 Å². The predicted octanol–water partition coefficient (Wildman–Crippen LogP) is 3.75. The topological polar surface area (TPSA) is 64.3 Å². The van der Waals surface area contributed by atoms with Crippen molar-refractivity contribution in [2.24, 2.45) is 5.73 Å². The van der Waals surface area contributed by atoms with E-state index in [1.807, 2.05) is 42.5 Å². The molecule has 4 nitrogen and oxygen atoms in total. The highest BCUT2D eigenvalue weighted by Gasteiger charge is 2.24. The van der Waals surface area contributed by atoms with Gasteiger partial charge in [0.1, 0.15) is 12.4 Å². The maximum absolute atomic E-state index is 12.3. The van der Waals surface area contributed by atoms with Gasteiger partial charge >= 0.3 is 0 Å². The fourth-order valence-corrected chi connectivity index (χ4v) is 2.41. The molecule has 0 fully saturated rings. The van der Waals surface area contributed by atoms with Crippen LogP contribution in [0.4, 0.5) is 5.69 Å². The van der Waals surface area contributed by atoms with Crippen LogP contribution < -0.4 is 15.8 Å². The lowest BCUT2D eigenvalue weighted by molar-refractivity contribution is -0.117. The summed E-state index contributed by atoms with van der Waals surface area (Å²) < 4.78 is 5.42. The first-order chi connectivity index (χ1) is 11.0. The zero-order chi connectivity index (χ0) is 16.7. The molecule has 3 N–H and O–H groups in total. The average molecular weight is 349 g/mol. The minimum absolute atomic E-state index is 0. The van der Waals surface area contributed by atoms with Gasteiger partial charge in [0.25, 0.3) is 0 Å². The summed E-state index contributed by atoms with van der Waals surface area (Å²) in [6, 6.07) is 17.4. The third-order valence-electron chi connectivity index (χ3n) is 3.68. The number of hydrogen-bond acceptors (Lipinski definition) is 3. The highest BCUT2D eigenvalue weighted by molar-refractivity contribution is 5.91. The van der Waals surface area contributed by atoms with Crippen LogP contribution in [0.1, 0.15) is 25.8 Å². The fourth-order valence-electron chi connectivity index (χ4n) is 2.41. The van der Waals surface area contributed by atoms with Gasteiger partial charge in [-0.05, 0) is 35.2 Å². The first-order valence-electron chi connectivity index (χ1n) is 7.79. The minimum atomic E-state index is -0.213. The number of benzene rings is 2. The molecule has 130 valence electrons. The van der Waals surface area contributed by atoms with Gasteiger partial charge in [0.2, 0.25) is 5.91 Å². The molecule has 1 amide bonds. The lowest BCUT2D eigenvalue weighted by Crippen LogP contribution is -2.25. The Morgan fingerprint density at radius 1 is 1.08 bits per heavy atom. The molecular weight excluding hydrogens is 324 g/mol. The second kappa shape index (κ2) is 9.30. The molecule has 0 atom stereocenters. The SMILES string of the molecule is CC(C)(CC(=O)Nc1ccc(OCCN)cc1)c1ccccc1.Cl. The van der Waals surface area contributed by atoms with Gasteiger partial charge in [-0.2, -0.15) is 0 Å². The monoisotopic (exact) mass is 348 g/mol. The summed E-state index contributed by atoms with van der Waals surface area (Å²) in [5.41, 5.74) is 7.10. The van der Waals surface area contributed by atoms with Crippen molar-refractivity contribution in [3.05, 3.63) is 60.2 Å². The van der Waals surface area contributed by atoms with Crippen LogP contribution in [0.2, 0.25) is 0 Å². The van der Waals surface area contributed by atoms with Crippen molar-refractivity contribution >= 4 is 24.0 Å². The molecule has 0 saturated heterocycles. The standard InChI is InChI=1S/C19H24N2O2.ClH/c1-19(2,15-6-4-3-5-7-15)14-18(22)21-16-8-10-17(11-9-16)23-13-12-20;/h3-11H,12-14,20H2,1-2H3,(H,21,22);1H. The largest absolute Gasteiger partial charge is 0.492 e. The maximum atomic E-state index is 12.3. The van der Waals surface area contributed by atoms with Gasteiger partial charge in [-0.15, -0.1) is 12.4 Å². The third kappa shape index (κ3) is 5.87. The van der Waals surface area contributed by atoms with E-state index in [0.717, 1.165) is 17.0 Å². The van der Waals surface area contributed by atoms with E-state index < -0.39 is 0 Å². The van der Waals surface area contributed by atoms with Crippen LogP contribution >= 0.6 is 12.4 Å². The van der Waals surface area contributed by atoms with Crippen molar-refractivity contribution in [3.63, 3.8) is 0 Å². The first kappa shape index (κ1) is 20.0. The predicted molar refractivity (Wildman–Crippen MR) is 101 cm³/mol. The Hall–Kier alpha value is -2.04. The van der Waals surface area contributed by atoms with Crippen molar-refractivity contribution in [2.45, 2.75) is 25.7 Å². The molecule has 2 aromatic carbocycles. The van der Waals surface area contributed by atoms with E-state index in [0.29, 0.717) is 19.6 Å². The van der Waals surface area contributed by atoms with Crippen LogP contribution in [0.5, 0.6) is 5.75 Å². The maximum Gasteiger partial charge on any atom is 0.225 e. The summed E-state index contributed by atoms with van der Waals surface area (Å²) in [5.74, 6) is 0.743. The Balaban J connectivity index is 0.00000288. The number of nitrogens with two attached hydrogens (primary N) is 1. The molecule has 0 aromatic heterocycles. The Bertz CT molecular complexity index is 628. The highest BCUT2D eigenvalue weighted by Crippen LogP contribution is 2.27. The minimum Gasteiger partial charge on any atom is -0.492 e. The normalized spacial score (nSPS) is 10.6. The molecule has 0 aliphatic carbocycles. The molecule has 0 unspecified atom stereocenters. The number of amides is 1. The summed E-state index contributed by atoms with van der Waals surface area (Å²) in [5, 5.41) is 2.93. The molecule has 0 spiro atoms. The number of carbonyl (C=O) groups is 1. The molecule has 0 heterocycles. The quantitative estimate of drug-likeness (QED) is 0.800. The molecule has 0 bridgehead atoms. The van der Waals surface area contributed by atoms with E-state index in [4.69, 9.17) is 10.5 Å². The zero-order valence-electron chi connectivity index (χ0n) is 14.1. The van der Waals surface area contributed by atoms with Crippen LogP contribution in [0.25, 0.3) is 0 Å². The third-order valence-corrected chi connectivity index (χ3v) is 3.68. The summed E-state index contributed by atoms with van der Waals surface area (Å²) in [6.07, 6.45) is 0.419. The second-order valence-electron chi connectivity index (χ2n) is 6.14. The van der Waals surface area contributed by atoms with Gasteiger partial charge in [0, 0.05) is 18.7 Å². The van der Waals surface area contributed by atoms with Crippen molar-refractivity contribution in [3.8, 4) is 5.75 Å². The Labute approximate surface area is 149 Å². The molecule has 0 saturated carbocycles. The second-order valence-corrected chi connectivity index (χ2v) is 6.14. The lowest BCUT2D eigenvalue weighted by Gasteiger charge is -2.24. The van der Waals surface area contributed by atoms with Crippen LogP contribution in [0.15, 0.2) is 54.6 Å². The average Bonchev–Trinajstić information content (AvgIpc) is 2.54. The summed E-state index contributed by atoms with van der Waals surface area (Å²) in [6.45, 7) is 5.11. The molecule has 0 aliphatic heterocycles. The van der Waals surface area contributed by atoms with Crippen molar-refractivity contribution in [1.82, 2.24) is 0 Å². The molecule has 2 rings (SSSR count). The number of ether oxygens (including phenoxy) is 1. The van der Waals surface area contributed by atoms with Crippen LogP contribution in [-0.4, -0.2) is 19.1 Å². The van der Waals surface area contributed by atoms with E-state index in [1.165, 1.54) is 0 Å². The summed E-state index contributed by atoms with van der Waals surface area (Å²) in [4.78, 5) is 12.3. The first-order valence-corrected chi connectivity index (χ1v) is 7.79. The number of carbonyl (C=O) groups excluding carboxylic acids is 1. The highest BCUT2D eigenvalue weighted by atomic mass is 35.5. The van der Waals surface area contributed by atoms with Gasteiger partial charge in [-0.25, -0.2) is 0 Å². The van der Waals surface area contributed by atoms with Crippen molar-refractivity contribution in [1.29, 1.82) is 0 Å². The fraction of sp³-hybridized carbons (Fsp3) is 0.316. The number of rotatable bonds is 7. The zero-order valence-corrected chi connectivity index (χ0v) is 14.9. The summed E-state index contributed by atoms with van der Waals surface area (Å²) in [7, 11) is 0. The molecule has 2 aromatic rings. The molecule has 5 heteroatoms. The smallest absolute Gasteiger partial charge is 0.225 e. The molecular formula is C19H25ClN2O2. The van der Waals surface area contributed by atoms with E-state index >= 15 is 0 Å². The van der Waals surface area contributed by atoms with E-state index in [-0.39, 0.29) is 23.7 Å². The van der Waals surface area contributed by atoms with Gasteiger partial charge in [-0.3, -0.25) is 4.79 Å². The number of anilines is 1. The van der Waals surface area contributed by atoms with Gasteiger partial charge in [-0.1, -0.05) is 44.2 Å². The van der Waals surface area contributed by atoms with E-state index in [9.17, 15) is 4.79 Å². The Morgan fingerprint density at radius 2 is 1.71 bits per heavy atom. The summed E-state index contributed by atoms with van der Waals surface area (Å²) >= 11 is 0. The molecule has 0 radical (unpaired) electrons. The molecule has 24 heavy (non-hydrogen) atoms. The Morgan fingerprint density at radius 3 is 2.29 bits per heavy atom. The van der Waals surface area contributed by atoms with Crippen molar-refractivity contribution < 1.29 is 9.53 Å². The van der Waals surface area contributed by atoms with Crippen molar-refractivity contribution in [2.75, 3.05) is 18.5 Å². The van der Waals surface area contributed by atoms with E-state index in [1.54, 1.807) is 0 Å². The number of nitrogens with one attached hydrogen (secondary N) is 1.